The highest BCUT2D eigenvalue weighted by Crippen LogP contribution is 2.39. The fraction of sp³-hybridized carbons (Fsp3) is 0.387. The van der Waals surface area contributed by atoms with Gasteiger partial charge in [-0.2, -0.15) is 4.98 Å². The number of nitrogens with one attached hydrogen (secondary N) is 1. The summed E-state index contributed by atoms with van der Waals surface area (Å²) in [5.74, 6) is 0.577. The molecule has 0 radical (unpaired) electrons. The van der Waals surface area contributed by atoms with E-state index in [1.54, 1.807) is 12.1 Å². The number of fused-ring (bicyclic) bond motifs is 1. The quantitative estimate of drug-likeness (QED) is 0.250. The third kappa shape index (κ3) is 5.31. The molecule has 7 rings (SSSR count). The Kier molecular flexibility index (Phi) is 7.44. The average molecular weight is 604 g/mol. The molecule has 1 aliphatic carbocycles. The number of nitrogens with zero attached hydrogens (tertiary/aromatic N) is 6. The van der Waals surface area contributed by atoms with Crippen LogP contribution in [0.25, 0.3) is 34.1 Å². The van der Waals surface area contributed by atoms with Crippen LogP contribution in [0.2, 0.25) is 5.02 Å². The van der Waals surface area contributed by atoms with Crippen LogP contribution in [0.15, 0.2) is 57.8 Å². The van der Waals surface area contributed by atoms with Gasteiger partial charge in [0.05, 0.1) is 24.3 Å². The van der Waals surface area contributed by atoms with E-state index >= 15 is 4.39 Å². The number of aromatic nitrogens is 6. The van der Waals surface area contributed by atoms with Crippen LogP contribution in [0.5, 0.6) is 0 Å². The topological polar surface area (TPSA) is 115 Å². The summed E-state index contributed by atoms with van der Waals surface area (Å²) in [4.78, 5) is 31.1. The van der Waals surface area contributed by atoms with Gasteiger partial charge in [-0.05, 0) is 42.4 Å². The Morgan fingerprint density at radius 1 is 1.05 bits per heavy atom. The number of hydrogen-bond donors (Lipinski definition) is 1. The lowest BCUT2D eigenvalue weighted by molar-refractivity contribution is 0.0927. The smallest absolute Gasteiger partial charge is 0.377 e. The van der Waals surface area contributed by atoms with Crippen molar-refractivity contribution in [3.63, 3.8) is 0 Å². The van der Waals surface area contributed by atoms with Crippen molar-refractivity contribution in [1.82, 2.24) is 29.7 Å². The van der Waals surface area contributed by atoms with E-state index < -0.39 is 11.6 Å². The molecule has 0 unspecified atom stereocenters. The lowest BCUT2D eigenvalue weighted by Crippen LogP contribution is -2.41. The fourth-order valence-electron chi connectivity index (χ4n) is 6.29. The SMILES string of the molecule is C[C@H]1CC[C@H](Cn2c(N3CCOC[C@H]3c3ccccc3)nc3nc(-c4noc(=O)[nH]4)nc(-c4cccc(Cl)c4F)c32)CC1. The Balaban J connectivity index is 1.47. The number of rotatable bonds is 6. The molecule has 12 heteroatoms. The van der Waals surface area contributed by atoms with Crippen LogP contribution in [0.1, 0.15) is 44.2 Å². The molecule has 10 nitrogen and oxygen atoms in total. The molecule has 2 aromatic carbocycles. The van der Waals surface area contributed by atoms with Crippen LogP contribution in [-0.2, 0) is 11.3 Å². The molecule has 4 heterocycles. The predicted octanol–water partition coefficient (Wildman–Crippen LogP) is 6.03. The Morgan fingerprint density at radius 3 is 2.63 bits per heavy atom. The highest BCUT2D eigenvalue weighted by molar-refractivity contribution is 6.31. The van der Waals surface area contributed by atoms with Gasteiger partial charge in [-0.3, -0.25) is 9.51 Å². The summed E-state index contributed by atoms with van der Waals surface area (Å²) in [6, 6.07) is 15.0. The van der Waals surface area contributed by atoms with E-state index in [4.69, 9.17) is 35.8 Å². The first kappa shape index (κ1) is 27.7. The van der Waals surface area contributed by atoms with Crippen molar-refractivity contribution in [2.75, 3.05) is 24.7 Å². The van der Waals surface area contributed by atoms with Crippen LogP contribution in [0.3, 0.4) is 0 Å². The largest absolute Gasteiger partial charge is 0.439 e. The minimum Gasteiger partial charge on any atom is -0.377 e. The van der Waals surface area contributed by atoms with E-state index in [0.717, 1.165) is 37.2 Å². The zero-order chi connectivity index (χ0) is 29.5. The maximum Gasteiger partial charge on any atom is 0.439 e. The monoisotopic (exact) mass is 603 g/mol. The number of halogens is 2. The Hall–Kier alpha value is -4.09. The van der Waals surface area contributed by atoms with Crippen LogP contribution < -0.4 is 10.7 Å². The van der Waals surface area contributed by atoms with E-state index in [2.05, 4.69) is 38.7 Å². The third-order valence-corrected chi connectivity index (χ3v) is 8.88. The number of benzene rings is 2. The molecular formula is C31H31ClFN7O3. The minimum atomic E-state index is -0.744. The number of aromatic amines is 1. The molecule has 0 amide bonds. The molecular weight excluding hydrogens is 573 g/mol. The first-order valence-electron chi connectivity index (χ1n) is 14.6. The second-order valence-electron chi connectivity index (χ2n) is 11.5. The molecule has 5 aromatic rings. The summed E-state index contributed by atoms with van der Waals surface area (Å²) < 4.78 is 28.5. The Morgan fingerprint density at radius 2 is 1.86 bits per heavy atom. The molecule has 2 fully saturated rings. The zero-order valence-electron chi connectivity index (χ0n) is 23.7. The van der Waals surface area contributed by atoms with E-state index in [-0.39, 0.29) is 28.3 Å². The second-order valence-corrected chi connectivity index (χ2v) is 11.9. The third-order valence-electron chi connectivity index (χ3n) is 8.59. The van der Waals surface area contributed by atoms with Crippen molar-refractivity contribution in [3.05, 3.63) is 75.5 Å². The van der Waals surface area contributed by atoms with Crippen molar-refractivity contribution in [2.24, 2.45) is 11.8 Å². The van der Waals surface area contributed by atoms with Gasteiger partial charge >= 0.3 is 5.76 Å². The van der Waals surface area contributed by atoms with Gasteiger partial charge in [0.2, 0.25) is 17.6 Å². The molecule has 1 saturated carbocycles. The Labute approximate surface area is 251 Å². The first-order valence-corrected chi connectivity index (χ1v) is 15.0. The van der Waals surface area contributed by atoms with Crippen LogP contribution in [-0.4, -0.2) is 49.4 Å². The summed E-state index contributed by atoms with van der Waals surface area (Å²) in [5.41, 5.74) is 2.60. The van der Waals surface area contributed by atoms with Gasteiger partial charge in [-0.25, -0.2) is 19.2 Å². The molecule has 1 aliphatic heterocycles. The highest BCUT2D eigenvalue weighted by atomic mass is 35.5. The molecule has 0 bridgehead atoms. The van der Waals surface area contributed by atoms with Crippen LogP contribution in [0.4, 0.5) is 10.3 Å². The summed E-state index contributed by atoms with van der Waals surface area (Å²) in [6.45, 7) is 4.63. The van der Waals surface area contributed by atoms with Gasteiger partial charge < -0.3 is 14.2 Å². The number of morpholine rings is 1. The maximum absolute atomic E-state index is 15.7. The lowest BCUT2D eigenvalue weighted by Gasteiger charge is -2.37. The van der Waals surface area contributed by atoms with Crippen LogP contribution in [0, 0.1) is 17.7 Å². The molecule has 222 valence electrons. The predicted molar refractivity (Wildman–Crippen MR) is 160 cm³/mol. The van der Waals surface area contributed by atoms with Gasteiger partial charge in [-0.1, -0.05) is 72.9 Å². The molecule has 43 heavy (non-hydrogen) atoms. The maximum atomic E-state index is 15.7. The van der Waals surface area contributed by atoms with Gasteiger partial charge in [0.25, 0.3) is 0 Å². The van der Waals surface area contributed by atoms with Crippen molar-refractivity contribution in [2.45, 2.75) is 45.2 Å². The molecule has 1 saturated heterocycles. The standard InChI is InChI=1S/C31H31ClFN7O3/c1-18-10-12-19(13-11-18)16-40-26-25(21-8-5-9-22(32)24(21)33)34-28(29-37-31(41)43-38-29)35-27(26)36-30(40)39-14-15-42-17-23(39)20-6-3-2-4-7-20/h2-9,18-19,23H,10-17H2,1H3,(H,37,38,41)/t18-,19-,23-/m0/s1. The van der Waals surface area contributed by atoms with E-state index in [1.807, 2.05) is 18.2 Å². The minimum absolute atomic E-state index is 0.0227. The lowest BCUT2D eigenvalue weighted by atomic mass is 9.83. The van der Waals surface area contributed by atoms with Crippen LogP contribution >= 0.6 is 11.6 Å². The molecule has 0 spiro atoms. The van der Waals surface area contributed by atoms with E-state index in [9.17, 15) is 4.79 Å². The van der Waals surface area contributed by atoms with Gasteiger partial charge in [0, 0.05) is 18.7 Å². The second kappa shape index (κ2) is 11.5. The normalized spacial score (nSPS) is 21.0. The summed E-state index contributed by atoms with van der Waals surface area (Å²) in [5, 5.41) is 3.77. The number of ether oxygens (including phenoxy) is 1. The van der Waals surface area contributed by atoms with Gasteiger partial charge in [0.15, 0.2) is 11.5 Å². The number of hydrogen-bond acceptors (Lipinski definition) is 8. The first-order chi connectivity index (χ1) is 21.0. The molecule has 1 atom stereocenters. The van der Waals surface area contributed by atoms with Gasteiger partial charge in [0.1, 0.15) is 11.2 Å². The molecule has 1 N–H and O–H groups in total. The van der Waals surface area contributed by atoms with Crippen molar-refractivity contribution >= 4 is 28.7 Å². The van der Waals surface area contributed by atoms with E-state index in [1.165, 1.54) is 6.07 Å². The zero-order valence-corrected chi connectivity index (χ0v) is 24.4. The molecule has 2 aliphatic rings. The van der Waals surface area contributed by atoms with Gasteiger partial charge in [-0.15, -0.1) is 0 Å². The van der Waals surface area contributed by atoms with Crippen molar-refractivity contribution in [3.8, 4) is 22.9 Å². The number of H-pyrrole nitrogens is 1. The average Bonchev–Trinajstić information content (AvgIpc) is 3.63. The van der Waals surface area contributed by atoms with E-state index in [0.29, 0.717) is 55.0 Å². The number of anilines is 1. The Bertz CT molecular complexity index is 1810. The van der Waals surface area contributed by atoms with Crippen molar-refractivity contribution < 1.29 is 13.7 Å². The number of imidazole rings is 1. The fourth-order valence-corrected chi connectivity index (χ4v) is 6.46. The summed E-state index contributed by atoms with van der Waals surface area (Å²) >= 11 is 6.26. The summed E-state index contributed by atoms with van der Waals surface area (Å²) in [7, 11) is 0. The molecule has 3 aromatic heterocycles. The highest BCUT2D eigenvalue weighted by Gasteiger charge is 2.33. The van der Waals surface area contributed by atoms with Crippen molar-refractivity contribution in [1.29, 1.82) is 0 Å². The summed E-state index contributed by atoms with van der Waals surface area (Å²) in [6.07, 6.45) is 4.50.